The molecule has 0 aromatic carbocycles. The van der Waals surface area contributed by atoms with Crippen LogP contribution >= 0.6 is 61.2 Å². The van der Waals surface area contributed by atoms with Gasteiger partial charge in [-0.1, -0.05) is 20.3 Å². The van der Waals surface area contributed by atoms with Crippen molar-refractivity contribution in [3.05, 3.63) is 0 Å². The molecule has 2 fully saturated rings. The van der Waals surface area contributed by atoms with Crippen molar-refractivity contribution in [1.82, 2.24) is 15.1 Å². The van der Waals surface area contributed by atoms with E-state index < -0.39 is 30.6 Å². The summed E-state index contributed by atoms with van der Waals surface area (Å²) in [5, 5.41) is 30.2. The summed E-state index contributed by atoms with van der Waals surface area (Å²) < 4.78 is 0. The fraction of sp³-hybridized carbons (Fsp3) is 0.857. The van der Waals surface area contributed by atoms with E-state index in [2.05, 4.69) is 54.4 Å². The molecule has 0 spiro atoms. The van der Waals surface area contributed by atoms with E-state index in [0.29, 0.717) is 44.2 Å². The molecule has 0 aromatic heterocycles. The summed E-state index contributed by atoms with van der Waals surface area (Å²) in [7, 11) is 2.57. The van der Waals surface area contributed by atoms with Crippen LogP contribution in [-0.2, 0) is 14.4 Å². The number of aliphatic carboxylic acids is 1. The molecule has 220 valence electrons. The molecule has 37 heavy (non-hydrogen) atoms. The zero-order valence-electron chi connectivity index (χ0n) is 22.1. The van der Waals surface area contributed by atoms with Crippen molar-refractivity contribution in [2.45, 2.75) is 63.5 Å². The number of ketones is 1. The first-order chi connectivity index (χ1) is 16.6. The second-order valence-corrected chi connectivity index (χ2v) is 25.9. The Hall–Kier alpha value is 1.35. The van der Waals surface area contributed by atoms with Crippen LogP contribution in [0.15, 0.2) is 0 Å². The molecule has 8 N–H and O–H groups in total. The average molecular weight is 980 g/mol. The number of carbonyl (C=O) groups excluding carboxylic acids is 2. The molecule has 0 aromatic rings. The summed E-state index contributed by atoms with van der Waals surface area (Å²) in [6.07, 6.45) is 1.61. The van der Waals surface area contributed by atoms with Crippen LogP contribution in [0.2, 0.25) is 6.32 Å². The van der Waals surface area contributed by atoms with Gasteiger partial charge in [0.1, 0.15) is 5.54 Å². The molecule has 2 rings (SSSR count). The Morgan fingerprint density at radius 3 is 2.19 bits per heavy atom. The van der Waals surface area contributed by atoms with Crippen LogP contribution in [0.4, 0.5) is 0 Å². The molecule has 11 nitrogen and oxygen atoms in total. The normalized spacial score (nSPS) is 27.4. The molecule has 1 amide bonds. The first kappa shape index (κ1) is 40.5. The van der Waals surface area contributed by atoms with Crippen molar-refractivity contribution in [2.75, 3.05) is 40.3 Å². The number of likely N-dealkylation sites (N-methyl/N-ethyl adjacent to an activating group) is 1. The number of carbonyl (C=O) groups is 3. The van der Waals surface area contributed by atoms with E-state index in [1.54, 1.807) is 0 Å². The molecule has 0 aliphatic carbocycles. The molecule has 2 aliphatic rings. The van der Waals surface area contributed by atoms with Crippen LogP contribution in [-0.4, -0.2) is 107 Å². The molecule has 2 aliphatic heterocycles. The number of nitrogens with two attached hydrogens (primary N) is 2. The number of halogens is 4. The van der Waals surface area contributed by atoms with Gasteiger partial charge in [-0.2, -0.15) is 0 Å². The number of Topliss-reactive ketones (excluding diaryl/α,β-unsaturated/α-hetero) is 1. The number of likely N-dealkylation sites (tertiary alicyclic amines) is 1. The van der Waals surface area contributed by atoms with Gasteiger partial charge in [0.15, 0.2) is 5.78 Å². The zero-order valence-corrected chi connectivity index (χ0v) is 30.9. The van der Waals surface area contributed by atoms with Gasteiger partial charge in [-0.25, -0.2) is 0 Å². The van der Waals surface area contributed by atoms with E-state index in [4.69, 9.17) is 21.5 Å². The van der Waals surface area contributed by atoms with Gasteiger partial charge in [-0.05, 0) is 39.7 Å². The van der Waals surface area contributed by atoms with E-state index in [-0.39, 0.29) is 54.8 Å². The van der Waals surface area contributed by atoms with Crippen LogP contribution in [0.5, 0.6) is 0 Å². The van der Waals surface area contributed by atoms with Crippen LogP contribution in [0.1, 0.15) is 40.0 Å². The third kappa shape index (κ3) is 11.6. The maximum absolute atomic E-state index is 11.9. The van der Waals surface area contributed by atoms with Crippen LogP contribution in [0.3, 0.4) is 0 Å². The van der Waals surface area contributed by atoms with Gasteiger partial charge in [0, 0.05) is 38.5 Å². The predicted octanol–water partition coefficient (Wildman–Crippen LogP) is -2.27. The summed E-state index contributed by atoms with van der Waals surface area (Å²) in [5.74, 6) is -1.15. The minimum atomic E-state index is -1.51. The topological polar surface area (TPSA) is 182 Å². The van der Waals surface area contributed by atoms with Gasteiger partial charge < -0.3 is 36.8 Å². The summed E-state index contributed by atoms with van der Waals surface area (Å²) in [4.78, 5) is 38.6. The molecule has 0 unspecified atom stereocenters. The quantitative estimate of drug-likeness (QED) is 0.109. The molecule has 16 heteroatoms. The van der Waals surface area contributed by atoms with Crippen molar-refractivity contribution in [3.8, 4) is 0 Å². The number of hydrogen-bond acceptors (Lipinski definition) is 9. The Labute approximate surface area is 268 Å². The van der Waals surface area contributed by atoms with Crippen molar-refractivity contribution in [2.24, 2.45) is 23.3 Å². The van der Waals surface area contributed by atoms with Gasteiger partial charge in [0.25, 0.3) is 0 Å². The summed E-state index contributed by atoms with van der Waals surface area (Å²) in [5.41, 5.74) is 9.69. The standard InChI is InChI=1S/C11H22BN3O5.C10H20N2O.I3.HI/c1-7(13)9(16)15-5-8(3-2-4-12(19)20)11(14,6-15)10(17)18;1-5-9(13)10(12(3)4)7-11-6-8(10)2;1-3-2;/h7-8,19-20H,2-6,13-14H2,1H3,(H,17,18);8,11H,5-7H2,1-4H3;;1H/q;;-1;/t7-,8-,11-;8-,10-;;/m00../s1. The zero-order chi connectivity index (χ0) is 28.3. The third-order valence-electron chi connectivity index (χ3n) is 7.00. The van der Waals surface area contributed by atoms with E-state index in [0.717, 1.165) is 13.1 Å². The van der Waals surface area contributed by atoms with Crippen molar-refractivity contribution in [3.63, 3.8) is 0 Å². The number of carboxylic acid groups (broad SMARTS) is 1. The first-order valence-electron chi connectivity index (χ1n) is 11.9. The Kier molecular flexibility index (Phi) is 21.3. The summed E-state index contributed by atoms with van der Waals surface area (Å²) in [6, 6.07) is -0.703. The van der Waals surface area contributed by atoms with E-state index in [1.807, 2.05) is 21.0 Å². The summed E-state index contributed by atoms with van der Waals surface area (Å²) >= 11 is 5.30. The number of amides is 1. The van der Waals surface area contributed by atoms with Crippen molar-refractivity contribution < 1.29 is 42.8 Å². The molecule has 0 bridgehead atoms. The molecule has 5 atom stereocenters. The Bertz CT molecular complexity index is 727. The number of nitrogens with zero attached hydrogens (tertiary/aromatic N) is 2. The Balaban J connectivity index is 0. The number of nitrogens with one attached hydrogen (secondary N) is 1. The van der Waals surface area contributed by atoms with Crippen LogP contribution in [0.25, 0.3) is 0 Å². The van der Waals surface area contributed by atoms with Gasteiger partial charge >= 0.3 is 63.6 Å². The number of rotatable bonds is 9. The summed E-state index contributed by atoms with van der Waals surface area (Å²) in [6.45, 7) is 7.53. The second-order valence-electron chi connectivity index (χ2n) is 9.64. The number of hydrogen-bond donors (Lipinski definition) is 6. The Morgan fingerprint density at radius 2 is 1.84 bits per heavy atom. The van der Waals surface area contributed by atoms with E-state index in [1.165, 1.54) is 11.8 Å². The number of carboxylic acids is 1. The minimum absolute atomic E-state index is 0. The predicted molar refractivity (Wildman–Crippen MR) is 170 cm³/mol. The van der Waals surface area contributed by atoms with Crippen LogP contribution < -0.4 is 30.0 Å². The SMILES string of the molecule is CCC(=O)[C@]1(N(C)C)CNC[C@@H]1C.C[C@H](N)C(=O)N1C[C@H](CCCB(O)O)[C@](N)(C(=O)O)C1.I.I[I-]I. The van der Waals surface area contributed by atoms with Gasteiger partial charge in [0.2, 0.25) is 5.91 Å². The van der Waals surface area contributed by atoms with Gasteiger partial charge in [-0.3, -0.25) is 19.3 Å². The fourth-order valence-corrected chi connectivity index (χ4v) is 4.88. The molecule has 2 heterocycles. The van der Waals surface area contributed by atoms with Gasteiger partial charge in [-0.15, -0.1) is 24.0 Å². The Morgan fingerprint density at radius 1 is 1.30 bits per heavy atom. The maximum atomic E-state index is 11.9. The molecule has 0 radical (unpaired) electrons. The molecular formula is C21H43BI4N5O6-. The van der Waals surface area contributed by atoms with Crippen molar-refractivity contribution in [1.29, 1.82) is 0 Å². The van der Waals surface area contributed by atoms with E-state index >= 15 is 0 Å². The van der Waals surface area contributed by atoms with Crippen LogP contribution in [0, 0.1) is 11.8 Å². The monoisotopic (exact) mass is 980 g/mol. The average Bonchev–Trinajstić information content (AvgIpc) is 3.35. The van der Waals surface area contributed by atoms with Crippen molar-refractivity contribution >= 4 is 86.0 Å². The fourth-order valence-electron chi connectivity index (χ4n) is 4.88. The molecule has 0 saturated carbocycles. The first-order valence-corrected chi connectivity index (χ1v) is 24.4. The third-order valence-corrected chi connectivity index (χ3v) is 7.00. The molecular weight excluding hydrogens is 937 g/mol. The van der Waals surface area contributed by atoms with E-state index in [9.17, 15) is 19.5 Å². The van der Waals surface area contributed by atoms with Gasteiger partial charge in [0.05, 0.1) is 11.6 Å². The second kappa shape index (κ2) is 19.5. The molecule has 2 saturated heterocycles.